The van der Waals surface area contributed by atoms with E-state index in [1.807, 2.05) is 60.0 Å². The fourth-order valence-electron chi connectivity index (χ4n) is 4.17. The molecule has 0 aliphatic carbocycles. The Hall–Kier alpha value is -3.20. The minimum atomic E-state index is -3.51. The zero-order valence-electron chi connectivity index (χ0n) is 20.3. The van der Waals surface area contributed by atoms with Gasteiger partial charge in [0.15, 0.2) is 0 Å². The third-order valence-corrected chi connectivity index (χ3v) is 9.20. The second-order valence-electron chi connectivity index (χ2n) is 8.95. The molecular weight excluding hydrogens is 492 g/mol. The molecule has 186 valence electrons. The number of ether oxygens (including phenoxy) is 2. The number of rotatable bonds is 7. The van der Waals surface area contributed by atoms with Crippen LogP contribution in [0.4, 0.5) is 0 Å². The van der Waals surface area contributed by atoms with Gasteiger partial charge in [-0.25, -0.2) is 13.4 Å². The Bertz CT molecular complexity index is 1420. The molecule has 1 aliphatic rings. The zero-order chi connectivity index (χ0) is 25.1. The van der Waals surface area contributed by atoms with Gasteiger partial charge < -0.3 is 9.47 Å². The molecule has 0 atom stereocenters. The smallest absolute Gasteiger partial charge is 0.243 e. The minimum Gasteiger partial charge on any atom is -0.497 e. The number of methoxy groups -OCH3 is 1. The van der Waals surface area contributed by atoms with E-state index in [-0.39, 0.29) is 0 Å². The topological polar surface area (TPSA) is 68.7 Å². The molecule has 5 rings (SSSR count). The lowest BCUT2D eigenvalue weighted by atomic mass is 10.0. The van der Waals surface area contributed by atoms with E-state index in [1.54, 1.807) is 29.6 Å². The summed E-state index contributed by atoms with van der Waals surface area (Å²) in [5.41, 5.74) is 2.53. The number of thiazole rings is 1. The quantitative estimate of drug-likeness (QED) is 0.271. The van der Waals surface area contributed by atoms with Crippen LogP contribution in [0.5, 0.6) is 17.2 Å². The highest BCUT2D eigenvalue weighted by molar-refractivity contribution is 7.89. The number of hydrogen-bond acceptors (Lipinski definition) is 6. The summed E-state index contributed by atoms with van der Waals surface area (Å²) in [6.45, 7) is 3.32. The summed E-state index contributed by atoms with van der Waals surface area (Å²) in [5, 5.41) is 2.82. The lowest BCUT2D eigenvalue weighted by molar-refractivity contribution is 0.288. The van der Waals surface area contributed by atoms with Crippen molar-refractivity contribution in [2.24, 2.45) is 5.92 Å². The highest BCUT2D eigenvalue weighted by Gasteiger charge is 2.28. The van der Waals surface area contributed by atoms with Gasteiger partial charge in [0, 0.05) is 29.6 Å². The summed E-state index contributed by atoms with van der Waals surface area (Å²) in [6, 6.07) is 22.3. The molecule has 36 heavy (non-hydrogen) atoms. The van der Waals surface area contributed by atoms with Crippen LogP contribution >= 0.6 is 11.3 Å². The van der Waals surface area contributed by atoms with Crippen molar-refractivity contribution in [3.63, 3.8) is 0 Å². The van der Waals surface area contributed by atoms with E-state index in [4.69, 9.17) is 14.5 Å². The summed E-state index contributed by atoms with van der Waals surface area (Å²) >= 11 is 1.53. The van der Waals surface area contributed by atoms with Crippen molar-refractivity contribution < 1.29 is 17.9 Å². The van der Waals surface area contributed by atoms with Gasteiger partial charge in [-0.15, -0.1) is 11.3 Å². The summed E-state index contributed by atoms with van der Waals surface area (Å²) < 4.78 is 39.1. The summed E-state index contributed by atoms with van der Waals surface area (Å²) in [4.78, 5) is 5.11. The lowest BCUT2D eigenvalue weighted by Crippen LogP contribution is -2.37. The maximum Gasteiger partial charge on any atom is 0.243 e. The van der Waals surface area contributed by atoms with Crippen LogP contribution in [0.25, 0.3) is 21.8 Å². The van der Waals surface area contributed by atoms with E-state index in [1.165, 1.54) is 11.3 Å². The molecule has 1 aliphatic heterocycles. The van der Waals surface area contributed by atoms with Crippen LogP contribution in [0.3, 0.4) is 0 Å². The molecular formula is C28H28N2O4S2. The van der Waals surface area contributed by atoms with Crippen molar-refractivity contribution >= 4 is 21.4 Å². The van der Waals surface area contributed by atoms with Gasteiger partial charge in [0.2, 0.25) is 10.0 Å². The molecule has 4 aromatic rings. The molecule has 0 saturated carbocycles. The zero-order valence-corrected chi connectivity index (χ0v) is 21.9. The third kappa shape index (κ3) is 5.31. The van der Waals surface area contributed by atoms with Gasteiger partial charge in [-0.3, -0.25) is 0 Å². The molecule has 0 amide bonds. The number of hydrogen-bond donors (Lipinski definition) is 0. The lowest BCUT2D eigenvalue weighted by Gasteiger charge is -2.29. The Morgan fingerprint density at radius 1 is 0.889 bits per heavy atom. The number of piperidine rings is 1. The van der Waals surface area contributed by atoms with Crippen molar-refractivity contribution in [1.29, 1.82) is 0 Å². The van der Waals surface area contributed by atoms with E-state index in [0.717, 1.165) is 51.9 Å². The van der Waals surface area contributed by atoms with Crippen LogP contribution in [-0.2, 0) is 10.0 Å². The van der Waals surface area contributed by atoms with Gasteiger partial charge in [-0.2, -0.15) is 4.31 Å². The van der Waals surface area contributed by atoms with E-state index in [9.17, 15) is 8.42 Å². The molecule has 0 spiro atoms. The van der Waals surface area contributed by atoms with Gasteiger partial charge in [0.1, 0.15) is 22.3 Å². The van der Waals surface area contributed by atoms with E-state index in [2.05, 4.69) is 6.92 Å². The average Bonchev–Trinajstić information content (AvgIpc) is 3.40. The maximum absolute atomic E-state index is 13.2. The monoisotopic (exact) mass is 520 g/mol. The maximum atomic E-state index is 13.2. The van der Waals surface area contributed by atoms with Crippen LogP contribution in [0.15, 0.2) is 83.1 Å². The Balaban J connectivity index is 1.31. The van der Waals surface area contributed by atoms with Gasteiger partial charge in [-0.1, -0.05) is 19.1 Å². The van der Waals surface area contributed by atoms with Crippen LogP contribution in [0, 0.1) is 5.92 Å². The van der Waals surface area contributed by atoms with Crippen molar-refractivity contribution in [1.82, 2.24) is 9.29 Å². The Morgan fingerprint density at radius 3 is 2.19 bits per heavy atom. The molecule has 2 heterocycles. The first-order valence-electron chi connectivity index (χ1n) is 11.9. The van der Waals surface area contributed by atoms with E-state index in [0.29, 0.717) is 23.9 Å². The molecule has 8 heteroatoms. The highest BCUT2D eigenvalue weighted by Crippen LogP contribution is 2.33. The number of benzene rings is 3. The van der Waals surface area contributed by atoms with Crippen LogP contribution in [-0.4, -0.2) is 37.9 Å². The largest absolute Gasteiger partial charge is 0.497 e. The fourth-order valence-corrected chi connectivity index (χ4v) is 6.53. The summed E-state index contributed by atoms with van der Waals surface area (Å²) in [7, 11) is -1.88. The molecule has 0 radical (unpaired) electrons. The fraction of sp³-hybridized carbons (Fsp3) is 0.250. The Morgan fingerprint density at radius 2 is 1.53 bits per heavy atom. The highest BCUT2D eigenvalue weighted by atomic mass is 32.2. The predicted molar refractivity (Wildman–Crippen MR) is 143 cm³/mol. The first-order valence-corrected chi connectivity index (χ1v) is 14.2. The first-order chi connectivity index (χ1) is 17.4. The predicted octanol–water partition coefficient (Wildman–Crippen LogP) is 6.70. The average molecular weight is 521 g/mol. The van der Waals surface area contributed by atoms with Gasteiger partial charge in [0.25, 0.3) is 0 Å². The van der Waals surface area contributed by atoms with Crippen molar-refractivity contribution in [2.45, 2.75) is 24.7 Å². The van der Waals surface area contributed by atoms with Gasteiger partial charge in [-0.05, 0) is 79.4 Å². The summed E-state index contributed by atoms with van der Waals surface area (Å²) in [5.74, 6) is 2.81. The normalized spacial score (nSPS) is 15.1. The van der Waals surface area contributed by atoms with E-state index < -0.39 is 10.0 Å². The SMILES string of the molecule is COc1ccc(Oc2ccc(-c3nc(-c4cccc(S(=O)(=O)N5CCC(C)CC5)c4)cs3)cc2)cc1. The molecule has 6 nitrogen and oxygen atoms in total. The molecule has 0 bridgehead atoms. The minimum absolute atomic E-state index is 0.323. The number of aromatic nitrogens is 1. The van der Waals surface area contributed by atoms with Gasteiger partial charge in [0.05, 0.1) is 17.7 Å². The molecule has 1 fully saturated rings. The second-order valence-corrected chi connectivity index (χ2v) is 11.8. The first kappa shape index (κ1) is 24.5. The van der Waals surface area contributed by atoms with Crippen LogP contribution in [0.1, 0.15) is 19.8 Å². The second kappa shape index (κ2) is 10.4. The van der Waals surface area contributed by atoms with Crippen molar-refractivity contribution in [3.8, 4) is 39.1 Å². The Kier molecular flexibility index (Phi) is 7.09. The summed E-state index contributed by atoms with van der Waals surface area (Å²) in [6.07, 6.45) is 1.80. The van der Waals surface area contributed by atoms with Crippen LogP contribution in [0.2, 0.25) is 0 Å². The molecule has 0 unspecified atom stereocenters. The van der Waals surface area contributed by atoms with Crippen molar-refractivity contribution in [2.75, 3.05) is 20.2 Å². The number of nitrogens with zero attached hydrogens (tertiary/aromatic N) is 2. The molecule has 1 saturated heterocycles. The van der Waals surface area contributed by atoms with E-state index >= 15 is 0 Å². The number of sulfonamides is 1. The van der Waals surface area contributed by atoms with Crippen LogP contribution < -0.4 is 9.47 Å². The third-order valence-electron chi connectivity index (χ3n) is 6.41. The molecule has 1 aromatic heterocycles. The van der Waals surface area contributed by atoms with Gasteiger partial charge >= 0.3 is 0 Å². The Labute approximate surface area is 216 Å². The standard InChI is InChI=1S/C28H28N2O4S2/c1-20-14-16-30(17-15-20)36(31,32)26-5-3-4-22(18-26)27-19-35-28(29-27)21-6-8-24(9-7-21)34-25-12-10-23(33-2)11-13-25/h3-13,18-20H,14-17H2,1-2H3. The molecule has 0 N–H and O–H groups in total. The van der Waals surface area contributed by atoms with Crippen molar-refractivity contribution in [3.05, 3.63) is 78.2 Å². The molecule has 3 aromatic carbocycles.